The largest absolute Gasteiger partial charge is 0.370 e. The van der Waals surface area contributed by atoms with E-state index in [1.165, 1.54) is 12.8 Å². The third kappa shape index (κ3) is 2.07. The molecule has 78 valence electrons. The summed E-state index contributed by atoms with van der Waals surface area (Å²) in [6.07, 6.45) is 5.40. The monoisotopic (exact) mass is 194 g/mol. The van der Waals surface area contributed by atoms with Crippen molar-refractivity contribution in [1.82, 2.24) is 9.78 Å². The van der Waals surface area contributed by atoms with E-state index in [1.807, 2.05) is 24.0 Å². The van der Waals surface area contributed by atoms with Crippen molar-refractivity contribution in [3.8, 4) is 0 Å². The first-order valence-corrected chi connectivity index (χ1v) is 5.23. The fraction of sp³-hybridized carbons (Fsp3) is 0.700. The van der Waals surface area contributed by atoms with Crippen LogP contribution in [0.25, 0.3) is 0 Å². The van der Waals surface area contributed by atoms with Gasteiger partial charge in [0.1, 0.15) is 5.82 Å². The Morgan fingerprint density at radius 2 is 2.50 bits per heavy atom. The van der Waals surface area contributed by atoms with Crippen LogP contribution < -0.4 is 11.1 Å². The van der Waals surface area contributed by atoms with Crippen LogP contribution in [0.5, 0.6) is 0 Å². The highest BCUT2D eigenvalue weighted by atomic mass is 15.3. The molecule has 1 fully saturated rings. The number of nitrogens with two attached hydrogens (primary N) is 1. The second-order valence-corrected chi connectivity index (χ2v) is 4.16. The van der Waals surface area contributed by atoms with Gasteiger partial charge in [-0.15, -0.1) is 0 Å². The molecule has 2 atom stereocenters. The van der Waals surface area contributed by atoms with E-state index in [2.05, 4.69) is 10.4 Å². The van der Waals surface area contributed by atoms with Gasteiger partial charge in [-0.05, 0) is 25.2 Å². The summed E-state index contributed by atoms with van der Waals surface area (Å²) in [6, 6.07) is 2.42. The average molecular weight is 194 g/mol. The Balaban J connectivity index is 1.80. The number of aromatic nitrogens is 2. The topological polar surface area (TPSA) is 55.9 Å². The lowest BCUT2D eigenvalue weighted by molar-refractivity contribution is 0.562. The summed E-state index contributed by atoms with van der Waals surface area (Å²) in [5.74, 6) is 1.82. The Morgan fingerprint density at radius 1 is 1.64 bits per heavy atom. The van der Waals surface area contributed by atoms with Crippen LogP contribution in [0.1, 0.15) is 19.3 Å². The average Bonchev–Trinajstić information content (AvgIpc) is 2.72. The van der Waals surface area contributed by atoms with Gasteiger partial charge in [-0.1, -0.05) is 0 Å². The number of hydrogen-bond donors (Lipinski definition) is 2. The van der Waals surface area contributed by atoms with E-state index >= 15 is 0 Å². The second-order valence-electron chi connectivity index (χ2n) is 4.16. The number of nitrogens with one attached hydrogen (secondary N) is 1. The Labute approximate surface area is 84.5 Å². The highest BCUT2D eigenvalue weighted by Crippen LogP contribution is 2.24. The number of hydrogen-bond acceptors (Lipinski definition) is 3. The number of aryl methyl sites for hydroxylation is 1. The molecule has 1 heterocycles. The first-order chi connectivity index (χ1) is 6.75. The maximum absolute atomic E-state index is 5.86. The van der Waals surface area contributed by atoms with Crippen molar-refractivity contribution in [2.45, 2.75) is 25.3 Å². The molecule has 4 nitrogen and oxygen atoms in total. The molecule has 2 unspecified atom stereocenters. The molecule has 0 amide bonds. The molecule has 1 aromatic rings. The van der Waals surface area contributed by atoms with E-state index in [4.69, 9.17) is 5.73 Å². The lowest BCUT2D eigenvalue weighted by Crippen LogP contribution is -2.18. The van der Waals surface area contributed by atoms with Crippen molar-refractivity contribution in [1.29, 1.82) is 0 Å². The molecule has 0 radical (unpaired) electrons. The second kappa shape index (κ2) is 4.00. The summed E-state index contributed by atoms with van der Waals surface area (Å²) in [5, 5.41) is 7.51. The molecule has 0 aliphatic heterocycles. The number of anilines is 1. The van der Waals surface area contributed by atoms with Gasteiger partial charge in [0.2, 0.25) is 0 Å². The Morgan fingerprint density at radius 3 is 3.07 bits per heavy atom. The van der Waals surface area contributed by atoms with Crippen molar-refractivity contribution in [2.24, 2.45) is 18.7 Å². The predicted molar refractivity (Wildman–Crippen MR) is 57.0 cm³/mol. The van der Waals surface area contributed by atoms with Gasteiger partial charge in [0.05, 0.1) is 6.20 Å². The van der Waals surface area contributed by atoms with Crippen LogP contribution in [0.3, 0.4) is 0 Å². The molecule has 0 aromatic carbocycles. The van der Waals surface area contributed by atoms with Crippen molar-refractivity contribution in [3.63, 3.8) is 0 Å². The van der Waals surface area contributed by atoms with E-state index in [-0.39, 0.29) is 0 Å². The third-order valence-corrected chi connectivity index (χ3v) is 2.97. The zero-order valence-corrected chi connectivity index (χ0v) is 8.61. The fourth-order valence-electron chi connectivity index (χ4n) is 2.10. The molecule has 1 aromatic heterocycles. The van der Waals surface area contributed by atoms with Crippen LogP contribution in [-0.2, 0) is 7.05 Å². The van der Waals surface area contributed by atoms with Crippen molar-refractivity contribution >= 4 is 5.82 Å². The highest BCUT2D eigenvalue weighted by Gasteiger charge is 2.21. The molecule has 1 aliphatic carbocycles. The zero-order chi connectivity index (χ0) is 9.97. The van der Waals surface area contributed by atoms with Crippen molar-refractivity contribution in [3.05, 3.63) is 12.3 Å². The fourth-order valence-corrected chi connectivity index (χ4v) is 2.10. The van der Waals surface area contributed by atoms with Gasteiger partial charge in [-0.3, -0.25) is 4.68 Å². The van der Waals surface area contributed by atoms with Gasteiger partial charge >= 0.3 is 0 Å². The van der Waals surface area contributed by atoms with Crippen LogP contribution in [0, 0.1) is 5.92 Å². The van der Waals surface area contributed by atoms with E-state index in [0.717, 1.165) is 24.7 Å². The quantitative estimate of drug-likeness (QED) is 0.753. The van der Waals surface area contributed by atoms with Gasteiger partial charge in [0.15, 0.2) is 0 Å². The minimum Gasteiger partial charge on any atom is -0.370 e. The van der Waals surface area contributed by atoms with Gasteiger partial charge < -0.3 is 11.1 Å². The number of nitrogens with zero attached hydrogens (tertiary/aromatic N) is 2. The van der Waals surface area contributed by atoms with Crippen LogP contribution in [0.4, 0.5) is 5.82 Å². The lowest BCUT2D eigenvalue weighted by atomic mass is 10.1. The van der Waals surface area contributed by atoms with Crippen molar-refractivity contribution < 1.29 is 0 Å². The molecule has 4 heteroatoms. The summed E-state index contributed by atoms with van der Waals surface area (Å²) in [5.41, 5.74) is 5.86. The minimum absolute atomic E-state index is 0.424. The summed E-state index contributed by atoms with van der Waals surface area (Å²) >= 11 is 0. The molecular weight excluding hydrogens is 176 g/mol. The summed E-state index contributed by atoms with van der Waals surface area (Å²) in [4.78, 5) is 0. The van der Waals surface area contributed by atoms with E-state index < -0.39 is 0 Å². The SMILES string of the molecule is Cn1nccc1NCC1CCC(N)C1. The Hall–Kier alpha value is -1.03. The lowest BCUT2D eigenvalue weighted by Gasteiger charge is -2.11. The first kappa shape index (κ1) is 9.52. The summed E-state index contributed by atoms with van der Waals surface area (Å²) in [7, 11) is 1.95. The van der Waals surface area contributed by atoms with Gasteiger partial charge in [-0.25, -0.2) is 0 Å². The Kier molecular flexibility index (Phi) is 2.72. The first-order valence-electron chi connectivity index (χ1n) is 5.23. The normalized spacial score (nSPS) is 26.7. The van der Waals surface area contributed by atoms with Crippen LogP contribution in [0.2, 0.25) is 0 Å². The molecule has 14 heavy (non-hydrogen) atoms. The molecular formula is C10H18N4. The molecule has 3 N–H and O–H groups in total. The van der Waals surface area contributed by atoms with Gasteiger partial charge in [-0.2, -0.15) is 5.10 Å². The maximum atomic E-state index is 5.86. The zero-order valence-electron chi connectivity index (χ0n) is 8.61. The third-order valence-electron chi connectivity index (χ3n) is 2.97. The van der Waals surface area contributed by atoms with E-state index in [1.54, 1.807) is 0 Å². The molecule has 1 saturated carbocycles. The van der Waals surface area contributed by atoms with E-state index in [0.29, 0.717) is 6.04 Å². The molecule has 0 saturated heterocycles. The number of rotatable bonds is 3. The standard InChI is InChI=1S/C10H18N4/c1-14-10(4-5-13-14)12-7-8-2-3-9(11)6-8/h4-5,8-9,12H,2-3,6-7,11H2,1H3. The summed E-state index contributed by atoms with van der Waals surface area (Å²) in [6.45, 7) is 1.02. The smallest absolute Gasteiger partial charge is 0.123 e. The maximum Gasteiger partial charge on any atom is 0.123 e. The molecule has 0 bridgehead atoms. The van der Waals surface area contributed by atoms with Gasteiger partial charge in [0, 0.05) is 25.7 Å². The molecule has 0 spiro atoms. The van der Waals surface area contributed by atoms with E-state index in [9.17, 15) is 0 Å². The minimum atomic E-state index is 0.424. The van der Waals surface area contributed by atoms with Gasteiger partial charge in [0.25, 0.3) is 0 Å². The van der Waals surface area contributed by atoms with Crippen LogP contribution >= 0.6 is 0 Å². The predicted octanol–water partition coefficient (Wildman–Crippen LogP) is 0.959. The van der Waals surface area contributed by atoms with Crippen LogP contribution in [0.15, 0.2) is 12.3 Å². The molecule has 2 rings (SSSR count). The molecule has 1 aliphatic rings. The Bertz CT molecular complexity index is 294. The highest BCUT2D eigenvalue weighted by molar-refractivity contribution is 5.33. The summed E-state index contributed by atoms with van der Waals surface area (Å²) < 4.78 is 1.86. The van der Waals surface area contributed by atoms with Crippen LogP contribution in [-0.4, -0.2) is 22.4 Å². The van der Waals surface area contributed by atoms with Crippen molar-refractivity contribution in [2.75, 3.05) is 11.9 Å².